The molecule has 7 heteroatoms. The molecule has 0 aliphatic carbocycles. The molecule has 6 rings (SSSR count). The van der Waals surface area contributed by atoms with Gasteiger partial charge in [0, 0.05) is 36.4 Å². The Balaban J connectivity index is 1.45. The molecule has 4 heterocycles. The van der Waals surface area contributed by atoms with Crippen LogP contribution < -0.4 is 0 Å². The Kier molecular flexibility index (Phi) is 4.97. The van der Waals surface area contributed by atoms with Crippen molar-refractivity contribution in [3.8, 4) is 22.4 Å². The van der Waals surface area contributed by atoms with Crippen LogP contribution >= 0.6 is 11.6 Å². The molecule has 0 fully saturated rings. The molecule has 0 saturated heterocycles. The van der Waals surface area contributed by atoms with Gasteiger partial charge in [-0.25, -0.2) is 4.98 Å². The van der Waals surface area contributed by atoms with Crippen LogP contribution in [0.15, 0.2) is 72.9 Å². The van der Waals surface area contributed by atoms with E-state index in [9.17, 15) is 0 Å². The Morgan fingerprint density at radius 1 is 0.848 bits per heavy atom. The van der Waals surface area contributed by atoms with Gasteiger partial charge in [-0.05, 0) is 42.3 Å². The van der Waals surface area contributed by atoms with E-state index in [0.29, 0.717) is 0 Å². The van der Waals surface area contributed by atoms with Gasteiger partial charge in [0.15, 0.2) is 0 Å². The van der Waals surface area contributed by atoms with Crippen LogP contribution in [0.2, 0.25) is 5.02 Å². The van der Waals surface area contributed by atoms with Crippen LogP contribution in [0.3, 0.4) is 0 Å². The summed E-state index contributed by atoms with van der Waals surface area (Å²) in [6.45, 7) is 5.39. The van der Waals surface area contributed by atoms with Crippen LogP contribution in [-0.2, 0) is 19.6 Å². The lowest BCUT2D eigenvalue weighted by atomic mass is 10.1. The fourth-order valence-electron chi connectivity index (χ4n) is 4.58. The first-order chi connectivity index (χ1) is 16.2. The maximum Gasteiger partial charge on any atom is 0.147 e. The van der Waals surface area contributed by atoms with Gasteiger partial charge in [-0.3, -0.25) is 4.90 Å². The minimum atomic E-state index is 0.723. The number of benzene rings is 2. The molecular weight excluding hydrogens is 432 g/mol. The lowest BCUT2D eigenvalue weighted by molar-refractivity contribution is 0.205. The highest BCUT2D eigenvalue weighted by atomic mass is 35.5. The number of aryl methyl sites for hydroxylation is 1. The molecule has 1 aliphatic rings. The molecule has 0 unspecified atom stereocenters. The normalized spacial score (nSPS) is 14.0. The maximum absolute atomic E-state index is 6.16. The lowest BCUT2D eigenvalue weighted by Gasteiger charge is -2.27. The van der Waals surface area contributed by atoms with E-state index in [0.717, 1.165) is 65.4 Å². The van der Waals surface area contributed by atoms with E-state index in [1.54, 1.807) is 0 Å². The molecule has 0 saturated carbocycles. The first-order valence-corrected chi connectivity index (χ1v) is 11.5. The molecule has 0 atom stereocenters. The number of fused-ring (bicyclic) bond motifs is 2. The summed E-state index contributed by atoms with van der Waals surface area (Å²) in [5.74, 6) is 2.00. The lowest BCUT2D eigenvalue weighted by Crippen LogP contribution is -2.34. The van der Waals surface area contributed by atoms with Gasteiger partial charge in [0.05, 0.1) is 17.9 Å². The molecule has 0 spiro atoms. The summed E-state index contributed by atoms with van der Waals surface area (Å²) in [4.78, 5) is 7.44. The molecule has 2 aromatic carbocycles. The number of pyridine rings is 1. The molecule has 0 amide bonds. The Labute approximate surface area is 197 Å². The van der Waals surface area contributed by atoms with Gasteiger partial charge in [-0.1, -0.05) is 54.1 Å². The molecule has 1 aliphatic heterocycles. The highest BCUT2D eigenvalue weighted by Gasteiger charge is 2.23. The highest BCUT2D eigenvalue weighted by molar-refractivity contribution is 6.30. The molecular formula is C26H23ClN6. The minimum Gasteiger partial charge on any atom is -0.313 e. The van der Waals surface area contributed by atoms with E-state index in [1.807, 2.05) is 37.3 Å². The van der Waals surface area contributed by atoms with Gasteiger partial charge in [0.2, 0.25) is 0 Å². The third-order valence-electron chi connectivity index (χ3n) is 6.33. The summed E-state index contributed by atoms with van der Waals surface area (Å²) in [5, 5.41) is 9.35. The molecule has 0 bridgehead atoms. The smallest absolute Gasteiger partial charge is 0.147 e. The number of rotatable bonds is 4. The average Bonchev–Trinajstić information content (AvgIpc) is 3.40. The highest BCUT2D eigenvalue weighted by Crippen LogP contribution is 2.30. The van der Waals surface area contributed by atoms with Gasteiger partial charge in [-0.15, -0.1) is 10.2 Å². The molecule has 0 N–H and O–H groups in total. The van der Waals surface area contributed by atoms with Crippen molar-refractivity contribution in [2.75, 3.05) is 6.54 Å². The number of hydrogen-bond donors (Lipinski definition) is 0. The fourth-order valence-corrected chi connectivity index (χ4v) is 4.71. The van der Waals surface area contributed by atoms with Gasteiger partial charge >= 0.3 is 0 Å². The summed E-state index contributed by atoms with van der Waals surface area (Å²) >= 11 is 6.16. The SMILES string of the molecule is Cc1nnc2n1CCN(Cc1c(-c3ccc(Cl)cc3)nc3ccc(-c4ccccc4)cn13)C2. The Morgan fingerprint density at radius 2 is 1.64 bits per heavy atom. The Hall–Kier alpha value is -3.48. The second-order valence-electron chi connectivity index (χ2n) is 8.45. The molecule has 5 aromatic rings. The van der Waals surface area contributed by atoms with Crippen molar-refractivity contribution in [2.24, 2.45) is 0 Å². The van der Waals surface area contributed by atoms with E-state index >= 15 is 0 Å². The first kappa shape index (κ1) is 20.1. The monoisotopic (exact) mass is 454 g/mol. The zero-order chi connectivity index (χ0) is 22.4. The summed E-state index contributed by atoms with van der Waals surface area (Å²) in [7, 11) is 0. The van der Waals surface area contributed by atoms with Crippen LogP contribution in [0.4, 0.5) is 0 Å². The Bertz CT molecular complexity index is 1440. The predicted octanol–water partition coefficient (Wildman–Crippen LogP) is 5.24. The van der Waals surface area contributed by atoms with Crippen molar-refractivity contribution in [2.45, 2.75) is 26.6 Å². The standard InChI is InChI=1S/C26H23ClN6/c1-18-29-30-25-17-31(13-14-32(18)25)16-23-26(20-7-10-22(27)11-8-20)28-24-12-9-21(15-33(23)24)19-5-3-2-4-6-19/h2-12,15H,13-14,16-17H2,1H3. The summed E-state index contributed by atoms with van der Waals surface area (Å²) in [6, 6.07) is 22.6. The van der Waals surface area contributed by atoms with Crippen molar-refractivity contribution in [3.63, 3.8) is 0 Å². The quantitative estimate of drug-likeness (QED) is 0.372. The minimum absolute atomic E-state index is 0.723. The second-order valence-corrected chi connectivity index (χ2v) is 8.89. The zero-order valence-corrected chi connectivity index (χ0v) is 19.1. The third-order valence-corrected chi connectivity index (χ3v) is 6.58. The van der Waals surface area contributed by atoms with E-state index in [4.69, 9.17) is 16.6 Å². The van der Waals surface area contributed by atoms with Gasteiger partial charge in [0.25, 0.3) is 0 Å². The molecule has 0 radical (unpaired) electrons. The summed E-state index contributed by atoms with van der Waals surface area (Å²) < 4.78 is 4.44. The largest absolute Gasteiger partial charge is 0.313 e. The van der Waals surface area contributed by atoms with Crippen LogP contribution in [0.5, 0.6) is 0 Å². The third kappa shape index (κ3) is 3.71. The van der Waals surface area contributed by atoms with Crippen LogP contribution in [0.25, 0.3) is 28.0 Å². The van der Waals surface area contributed by atoms with Crippen molar-refractivity contribution in [1.29, 1.82) is 0 Å². The maximum atomic E-state index is 6.16. The predicted molar refractivity (Wildman–Crippen MR) is 130 cm³/mol. The van der Waals surface area contributed by atoms with Crippen molar-refractivity contribution in [1.82, 2.24) is 29.0 Å². The van der Waals surface area contributed by atoms with Gasteiger partial charge < -0.3 is 8.97 Å². The van der Waals surface area contributed by atoms with Gasteiger partial charge in [-0.2, -0.15) is 0 Å². The fraction of sp³-hybridized carbons (Fsp3) is 0.192. The topological polar surface area (TPSA) is 51.2 Å². The van der Waals surface area contributed by atoms with Crippen molar-refractivity contribution >= 4 is 17.2 Å². The number of aromatic nitrogens is 5. The van der Waals surface area contributed by atoms with E-state index in [1.165, 1.54) is 11.1 Å². The molecule has 164 valence electrons. The zero-order valence-electron chi connectivity index (χ0n) is 18.3. The average molecular weight is 455 g/mol. The number of halogens is 1. The Morgan fingerprint density at radius 3 is 2.45 bits per heavy atom. The van der Waals surface area contributed by atoms with Crippen LogP contribution in [0.1, 0.15) is 17.3 Å². The number of hydrogen-bond acceptors (Lipinski definition) is 4. The molecule has 3 aromatic heterocycles. The van der Waals surface area contributed by atoms with E-state index in [-0.39, 0.29) is 0 Å². The second kappa shape index (κ2) is 8.14. The molecule has 6 nitrogen and oxygen atoms in total. The van der Waals surface area contributed by atoms with E-state index < -0.39 is 0 Å². The van der Waals surface area contributed by atoms with Crippen molar-refractivity contribution < 1.29 is 0 Å². The first-order valence-electron chi connectivity index (χ1n) is 11.1. The van der Waals surface area contributed by atoms with Crippen LogP contribution in [0, 0.1) is 6.92 Å². The van der Waals surface area contributed by atoms with E-state index in [2.05, 4.69) is 66.7 Å². The van der Waals surface area contributed by atoms with Crippen molar-refractivity contribution in [3.05, 3.63) is 95.3 Å². The number of imidazole rings is 1. The molecule has 33 heavy (non-hydrogen) atoms. The van der Waals surface area contributed by atoms with Crippen LogP contribution in [-0.4, -0.2) is 35.6 Å². The number of nitrogens with zero attached hydrogens (tertiary/aromatic N) is 6. The summed E-state index contributed by atoms with van der Waals surface area (Å²) in [6.07, 6.45) is 2.20. The summed E-state index contributed by atoms with van der Waals surface area (Å²) in [5.41, 5.74) is 6.50. The van der Waals surface area contributed by atoms with Gasteiger partial charge in [0.1, 0.15) is 17.3 Å².